The number of hydrogen-bond donors (Lipinski definition) is 0. The Morgan fingerprint density at radius 1 is 0.517 bits per heavy atom. The summed E-state index contributed by atoms with van der Waals surface area (Å²) in [7, 11) is 0.0272. The maximum Gasteiger partial charge on any atom is -0.0206 e. The zero-order chi connectivity index (χ0) is 21.3. The molecule has 0 saturated heterocycles. The number of unbranched alkanes of at least 4 members (excludes halogenated alkanes) is 7. The zero-order valence-electron chi connectivity index (χ0n) is 20.6. The molecule has 168 valence electrons. The van der Waals surface area contributed by atoms with Gasteiger partial charge in [0.15, 0.2) is 0 Å². The molecule has 0 radical (unpaired) electrons. The van der Waals surface area contributed by atoms with Crippen LogP contribution in [-0.4, -0.2) is 12.3 Å². The highest BCUT2D eigenvalue weighted by Gasteiger charge is 2.19. The lowest BCUT2D eigenvalue weighted by Gasteiger charge is -2.26. The molecule has 0 saturated carbocycles. The van der Waals surface area contributed by atoms with Crippen molar-refractivity contribution in [2.24, 2.45) is 0 Å². The van der Waals surface area contributed by atoms with Gasteiger partial charge in [0, 0.05) is 0 Å². The molecule has 0 aliphatic carbocycles. The van der Waals surface area contributed by atoms with E-state index in [-0.39, 0.29) is 7.92 Å². The van der Waals surface area contributed by atoms with Gasteiger partial charge in [0.25, 0.3) is 0 Å². The molecule has 0 atom stereocenters. The second-order valence-electron chi connectivity index (χ2n) is 8.91. The summed E-state index contributed by atoms with van der Waals surface area (Å²) >= 11 is 0. The Kier molecular flexibility index (Phi) is 16.0. The van der Waals surface area contributed by atoms with E-state index in [1.807, 2.05) is 10.9 Å². The third-order valence-corrected chi connectivity index (χ3v) is 9.08. The Bertz CT molecular complexity index is 509. The van der Waals surface area contributed by atoms with Gasteiger partial charge in [-0.05, 0) is 85.7 Å². The topological polar surface area (TPSA) is 0 Å². The van der Waals surface area contributed by atoms with E-state index in [0.29, 0.717) is 0 Å². The fourth-order valence-electron chi connectivity index (χ4n) is 4.38. The van der Waals surface area contributed by atoms with E-state index < -0.39 is 0 Å². The summed E-state index contributed by atoms with van der Waals surface area (Å²) in [4.78, 5) is 0. The normalized spacial score (nSPS) is 11.5. The largest absolute Gasteiger partial charge is 0.0750 e. The van der Waals surface area contributed by atoms with Gasteiger partial charge in [0.05, 0.1) is 0 Å². The molecule has 0 bridgehead atoms. The monoisotopic (exact) mass is 418 g/mol. The third kappa shape index (κ3) is 10.0. The van der Waals surface area contributed by atoms with Crippen LogP contribution in [0.4, 0.5) is 0 Å². The molecule has 0 nitrogen and oxygen atoms in total. The minimum atomic E-state index is 0.0272. The SMILES string of the molecule is CCCCCP(CCCCC)c1ccc(CCCC)c(CCCC)c1CCCC. The van der Waals surface area contributed by atoms with Crippen molar-refractivity contribution in [1.29, 1.82) is 0 Å². The van der Waals surface area contributed by atoms with Crippen LogP contribution in [0.5, 0.6) is 0 Å². The predicted molar refractivity (Wildman–Crippen MR) is 138 cm³/mol. The Labute approximate surface area is 185 Å². The molecule has 1 aromatic carbocycles. The lowest BCUT2D eigenvalue weighted by atomic mass is 9.91. The Hall–Kier alpha value is -0.350. The van der Waals surface area contributed by atoms with Gasteiger partial charge in [0.2, 0.25) is 0 Å². The lowest BCUT2D eigenvalue weighted by Crippen LogP contribution is -2.17. The summed E-state index contributed by atoms with van der Waals surface area (Å²) in [6.45, 7) is 11.7. The first-order valence-electron chi connectivity index (χ1n) is 13.1. The molecule has 0 heterocycles. The van der Waals surface area contributed by atoms with Crippen molar-refractivity contribution in [3.05, 3.63) is 28.8 Å². The molecule has 0 spiro atoms. The van der Waals surface area contributed by atoms with Crippen LogP contribution in [0.2, 0.25) is 0 Å². The van der Waals surface area contributed by atoms with Crippen LogP contribution in [0.15, 0.2) is 12.1 Å². The quantitative estimate of drug-likeness (QED) is 0.165. The van der Waals surface area contributed by atoms with Crippen LogP contribution in [0.1, 0.15) is 128 Å². The molecule has 0 aliphatic heterocycles. The molecule has 1 rings (SSSR count). The van der Waals surface area contributed by atoms with E-state index in [2.05, 4.69) is 46.8 Å². The molecule has 0 N–H and O–H groups in total. The average Bonchev–Trinajstić information content (AvgIpc) is 2.74. The van der Waals surface area contributed by atoms with Crippen LogP contribution in [-0.2, 0) is 19.3 Å². The van der Waals surface area contributed by atoms with Crippen LogP contribution in [0.25, 0.3) is 0 Å². The molecule has 29 heavy (non-hydrogen) atoms. The summed E-state index contributed by atoms with van der Waals surface area (Å²) in [6, 6.07) is 5.16. The van der Waals surface area contributed by atoms with Crippen LogP contribution < -0.4 is 5.30 Å². The van der Waals surface area contributed by atoms with E-state index in [1.165, 1.54) is 109 Å². The number of rotatable bonds is 18. The predicted octanol–water partition coefficient (Wildman–Crippen LogP) is 9.20. The van der Waals surface area contributed by atoms with Crippen molar-refractivity contribution in [1.82, 2.24) is 0 Å². The van der Waals surface area contributed by atoms with Gasteiger partial charge < -0.3 is 0 Å². The average molecular weight is 419 g/mol. The third-order valence-electron chi connectivity index (χ3n) is 6.27. The van der Waals surface area contributed by atoms with E-state index in [1.54, 1.807) is 11.1 Å². The molecule has 0 unspecified atom stereocenters. The van der Waals surface area contributed by atoms with Crippen LogP contribution in [0.3, 0.4) is 0 Å². The fraction of sp³-hybridized carbons (Fsp3) is 0.786. The molecule has 0 amide bonds. The standard InChI is InChI=1S/C28H51P/c1-6-11-16-23-29(24-17-12-7-2)28-22-21-25(18-13-8-3)26(19-14-9-4)27(28)20-15-10-5/h21-22H,6-20,23-24H2,1-5H3. The number of hydrogen-bond acceptors (Lipinski definition) is 0. The van der Waals surface area contributed by atoms with E-state index in [0.717, 1.165) is 0 Å². The van der Waals surface area contributed by atoms with Gasteiger partial charge in [-0.2, -0.15) is 0 Å². The van der Waals surface area contributed by atoms with Crippen molar-refractivity contribution in [3.63, 3.8) is 0 Å². The van der Waals surface area contributed by atoms with Gasteiger partial charge in [-0.3, -0.25) is 0 Å². The highest BCUT2D eigenvalue weighted by Crippen LogP contribution is 2.40. The maximum atomic E-state index is 2.61. The van der Waals surface area contributed by atoms with E-state index in [9.17, 15) is 0 Å². The number of benzene rings is 1. The molecule has 1 aromatic rings. The molecule has 1 heteroatoms. The molecule has 0 fully saturated rings. The Morgan fingerprint density at radius 3 is 1.52 bits per heavy atom. The van der Waals surface area contributed by atoms with Crippen LogP contribution >= 0.6 is 7.92 Å². The van der Waals surface area contributed by atoms with Gasteiger partial charge in [-0.25, -0.2) is 0 Å². The van der Waals surface area contributed by atoms with Crippen molar-refractivity contribution < 1.29 is 0 Å². The second-order valence-corrected chi connectivity index (χ2v) is 11.4. The Morgan fingerprint density at radius 2 is 1.00 bits per heavy atom. The van der Waals surface area contributed by atoms with Gasteiger partial charge >= 0.3 is 0 Å². The summed E-state index contributed by atoms with van der Waals surface area (Å²) in [6.07, 6.45) is 23.2. The zero-order valence-corrected chi connectivity index (χ0v) is 21.5. The Balaban J connectivity index is 3.27. The first-order chi connectivity index (χ1) is 14.2. The van der Waals surface area contributed by atoms with Crippen molar-refractivity contribution in [2.45, 2.75) is 131 Å². The van der Waals surface area contributed by atoms with Crippen molar-refractivity contribution in [2.75, 3.05) is 12.3 Å². The number of aryl methyl sites for hydroxylation is 1. The molecule has 0 aromatic heterocycles. The van der Waals surface area contributed by atoms with E-state index in [4.69, 9.17) is 0 Å². The summed E-state index contributed by atoms with van der Waals surface area (Å²) in [5.41, 5.74) is 5.28. The van der Waals surface area contributed by atoms with Gasteiger partial charge in [-0.15, -0.1) is 0 Å². The van der Waals surface area contributed by atoms with Crippen LogP contribution in [0, 0.1) is 0 Å². The molecule has 0 aliphatic rings. The highest BCUT2D eigenvalue weighted by molar-refractivity contribution is 7.65. The highest BCUT2D eigenvalue weighted by atomic mass is 31.1. The maximum absolute atomic E-state index is 2.61. The van der Waals surface area contributed by atoms with Gasteiger partial charge in [-0.1, -0.05) is 99.6 Å². The summed E-state index contributed by atoms with van der Waals surface area (Å²) in [5, 5.41) is 1.81. The first-order valence-corrected chi connectivity index (χ1v) is 14.8. The first kappa shape index (κ1) is 26.7. The summed E-state index contributed by atoms with van der Waals surface area (Å²) in [5.74, 6) is 0. The molecular formula is C28H51P. The minimum Gasteiger partial charge on any atom is -0.0750 e. The van der Waals surface area contributed by atoms with Gasteiger partial charge in [0.1, 0.15) is 0 Å². The second kappa shape index (κ2) is 17.3. The summed E-state index contributed by atoms with van der Waals surface area (Å²) < 4.78 is 0. The molecular weight excluding hydrogens is 367 g/mol. The van der Waals surface area contributed by atoms with E-state index >= 15 is 0 Å². The van der Waals surface area contributed by atoms with Crippen molar-refractivity contribution >= 4 is 13.2 Å². The lowest BCUT2D eigenvalue weighted by molar-refractivity contribution is 0.736. The smallest absolute Gasteiger partial charge is 0.0206 e. The van der Waals surface area contributed by atoms with Crippen molar-refractivity contribution in [3.8, 4) is 0 Å². The fourth-order valence-corrected chi connectivity index (χ4v) is 7.21. The minimum absolute atomic E-state index is 0.0272.